The van der Waals surface area contributed by atoms with Crippen LogP contribution in [0.15, 0.2) is 30.3 Å². The normalized spacial score (nSPS) is 18.5. The van der Waals surface area contributed by atoms with Gasteiger partial charge in [-0.15, -0.1) is 0 Å². The number of aromatic amines is 1. The highest BCUT2D eigenvalue weighted by atomic mass is 16.3. The maximum atomic E-state index is 12.6. The first-order valence-corrected chi connectivity index (χ1v) is 8.99. The Labute approximate surface area is 147 Å². The van der Waals surface area contributed by atoms with Gasteiger partial charge in [-0.2, -0.15) is 5.10 Å². The van der Waals surface area contributed by atoms with Gasteiger partial charge in [0.2, 0.25) is 0 Å². The smallest absolute Gasteiger partial charge is 0.274 e. The highest BCUT2D eigenvalue weighted by Gasteiger charge is 2.28. The number of carbonyl (C=O) groups is 1. The van der Waals surface area contributed by atoms with Crippen molar-refractivity contribution in [3.63, 3.8) is 0 Å². The van der Waals surface area contributed by atoms with Gasteiger partial charge in [0.25, 0.3) is 5.91 Å². The fourth-order valence-electron chi connectivity index (χ4n) is 3.43. The lowest BCUT2D eigenvalue weighted by Crippen LogP contribution is -2.48. The number of aromatic nitrogens is 2. The van der Waals surface area contributed by atoms with Crippen LogP contribution in [0.1, 0.15) is 46.1 Å². The van der Waals surface area contributed by atoms with Gasteiger partial charge in [-0.25, -0.2) is 0 Å². The molecule has 0 unspecified atom stereocenters. The second-order valence-corrected chi connectivity index (χ2v) is 6.98. The third-order valence-corrected chi connectivity index (χ3v) is 5.18. The number of carbonyl (C=O) groups excluding carboxylic acids is 1. The SMILES string of the molecule is O=C(c1cc(C2CC2)[nH]n1)N1CCN(Cc2ccccc2CO)CC1. The van der Waals surface area contributed by atoms with Crippen LogP contribution in [0.4, 0.5) is 0 Å². The quantitative estimate of drug-likeness (QED) is 0.870. The van der Waals surface area contributed by atoms with Crippen molar-refractivity contribution in [3.8, 4) is 0 Å². The van der Waals surface area contributed by atoms with Crippen LogP contribution in [-0.2, 0) is 13.2 Å². The van der Waals surface area contributed by atoms with E-state index >= 15 is 0 Å². The average molecular weight is 340 g/mol. The van der Waals surface area contributed by atoms with E-state index in [1.165, 1.54) is 12.8 Å². The van der Waals surface area contributed by atoms with Crippen molar-refractivity contribution in [2.75, 3.05) is 26.2 Å². The molecule has 4 rings (SSSR count). The molecule has 0 bridgehead atoms. The van der Waals surface area contributed by atoms with Gasteiger partial charge in [-0.1, -0.05) is 24.3 Å². The van der Waals surface area contributed by atoms with Crippen molar-refractivity contribution in [3.05, 3.63) is 52.8 Å². The number of benzene rings is 1. The van der Waals surface area contributed by atoms with Crippen LogP contribution in [0.2, 0.25) is 0 Å². The highest BCUT2D eigenvalue weighted by molar-refractivity contribution is 5.92. The third-order valence-electron chi connectivity index (χ3n) is 5.18. The van der Waals surface area contributed by atoms with E-state index in [-0.39, 0.29) is 12.5 Å². The molecule has 0 atom stereocenters. The summed E-state index contributed by atoms with van der Waals surface area (Å²) in [5, 5.41) is 16.7. The van der Waals surface area contributed by atoms with Crippen molar-refractivity contribution in [2.24, 2.45) is 0 Å². The Bertz CT molecular complexity index is 745. The summed E-state index contributed by atoms with van der Waals surface area (Å²) in [5.41, 5.74) is 3.78. The number of hydrogen-bond donors (Lipinski definition) is 2. The predicted octanol–water partition coefficient (Wildman–Crippen LogP) is 1.74. The summed E-state index contributed by atoms with van der Waals surface area (Å²) in [7, 11) is 0. The molecule has 1 aromatic carbocycles. The molecule has 1 aliphatic heterocycles. The topological polar surface area (TPSA) is 72.5 Å². The second kappa shape index (κ2) is 6.98. The first kappa shape index (κ1) is 16.3. The van der Waals surface area contributed by atoms with E-state index in [0.717, 1.165) is 36.5 Å². The summed E-state index contributed by atoms with van der Waals surface area (Å²) in [4.78, 5) is 16.8. The standard InChI is InChI=1S/C19H24N4O2/c24-13-16-4-2-1-3-15(16)12-22-7-9-23(10-8-22)19(25)18-11-17(20-21-18)14-5-6-14/h1-4,11,14,24H,5-10,12-13H2,(H,20,21). The zero-order chi connectivity index (χ0) is 17.2. The maximum absolute atomic E-state index is 12.6. The van der Waals surface area contributed by atoms with Crippen LogP contribution in [0.3, 0.4) is 0 Å². The Morgan fingerprint density at radius 3 is 2.56 bits per heavy atom. The molecule has 6 nitrogen and oxygen atoms in total. The Morgan fingerprint density at radius 1 is 1.16 bits per heavy atom. The number of aliphatic hydroxyl groups is 1. The summed E-state index contributed by atoms with van der Waals surface area (Å²) in [6.07, 6.45) is 2.40. The molecule has 25 heavy (non-hydrogen) atoms. The Balaban J connectivity index is 1.33. The summed E-state index contributed by atoms with van der Waals surface area (Å²) < 4.78 is 0. The van der Waals surface area contributed by atoms with Gasteiger partial charge in [0, 0.05) is 44.3 Å². The van der Waals surface area contributed by atoms with E-state index in [9.17, 15) is 9.90 Å². The number of amides is 1. The summed E-state index contributed by atoms with van der Waals surface area (Å²) >= 11 is 0. The highest BCUT2D eigenvalue weighted by Crippen LogP contribution is 2.39. The van der Waals surface area contributed by atoms with Crippen molar-refractivity contribution in [1.29, 1.82) is 0 Å². The molecule has 1 saturated carbocycles. The molecular formula is C19H24N4O2. The number of rotatable bonds is 5. The molecule has 6 heteroatoms. The minimum Gasteiger partial charge on any atom is -0.392 e. The number of hydrogen-bond acceptors (Lipinski definition) is 4. The van der Waals surface area contributed by atoms with Crippen LogP contribution in [-0.4, -0.2) is 57.2 Å². The molecule has 2 N–H and O–H groups in total. The number of piperazine rings is 1. The van der Waals surface area contributed by atoms with Gasteiger partial charge < -0.3 is 10.0 Å². The number of nitrogens with zero attached hydrogens (tertiary/aromatic N) is 3. The molecule has 2 aromatic rings. The first-order valence-electron chi connectivity index (χ1n) is 8.99. The molecule has 1 saturated heterocycles. The molecule has 132 valence electrons. The van der Waals surface area contributed by atoms with E-state index in [0.29, 0.717) is 24.7 Å². The zero-order valence-electron chi connectivity index (χ0n) is 14.3. The average Bonchev–Trinajstić information content (AvgIpc) is 3.39. The van der Waals surface area contributed by atoms with Crippen LogP contribution in [0.5, 0.6) is 0 Å². The molecule has 1 amide bonds. The van der Waals surface area contributed by atoms with Crippen molar-refractivity contribution in [2.45, 2.75) is 31.9 Å². The monoisotopic (exact) mass is 340 g/mol. The molecule has 2 aliphatic rings. The molecule has 0 radical (unpaired) electrons. The van der Waals surface area contributed by atoms with Gasteiger partial charge in [0.05, 0.1) is 6.61 Å². The number of aliphatic hydroxyl groups excluding tert-OH is 1. The van der Waals surface area contributed by atoms with Crippen molar-refractivity contribution >= 4 is 5.91 Å². The van der Waals surface area contributed by atoms with E-state index < -0.39 is 0 Å². The Hall–Kier alpha value is -2.18. The molecule has 2 fully saturated rings. The molecule has 0 spiro atoms. The van der Waals surface area contributed by atoms with Crippen LogP contribution in [0.25, 0.3) is 0 Å². The van der Waals surface area contributed by atoms with Crippen LogP contribution >= 0.6 is 0 Å². The lowest BCUT2D eigenvalue weighted by atomic mass is 10.1. The van der Waals surface area contributed by atoms with Crippen molar-refractivity contribution in [1.82, 2.24) is 20.0 Å². The summed E-state index contributed by atoms with van der Waals surface area (Å²) in [5.74, 6) is 0.607. The van der Waals surface area contributed by atoms with Gasteiger partial charge in [0.1, 0.15) is 5.69 Å². The minimum absolute atomic E-state index is 0.0264. The fourth-order valence-corrected chi connectivity index (χ4v) is 3.43. The van der Waals surface area contributed by atoms with E-state index in [1.54, 1.807) is 0 Å². The second-order valence-electron chi connectivity index (χ2n) is 6.98. The Morgan fingerprint density at radius 2 is 1.88 bits per heavy atom. The van der Waals surface area contributed by atoms with Gasteiger partial charge in [0.15, 0.2) is 0 Å². The lowest BCUT2D eigenvalue weighted by Gasteiger charge is -2.34. The Kier molecular flexibility index (Phi) is 4.55. The summed E-state index contributed by atoms with van der Waals surface area (Å²) in [6, 6.07) is 9.90. The van der Waals surface area contributed by atoms with E-state index in [1.807, 2.05) is 29.2 Å². The molecule has 1 aliphatic carbocycles. The van der Waals surface area contributed by atoms with Gasteiger partial charge in [-0.05, 0) is 30.0 Å². The number of H-pyrrole nitrogens is 1. The van der Waals surface area contributed by atoms with Gasteiger partial charge in [-0.3, -0.25) is 14.8 Å². The van der Waals surface area contributed by atoms with Crippen LogP contribution < -0.4 is 0 Å². The largest absolute Gasteiger partial charge is 0.392 e. The minimum atomic E-state index is 0.0264. The van der Waals surface area contributed by atoms with Crippen LogP contribution in [0, 0.1) is 0 Å². The lowest BCUT2D eigenvalue weighted by molar-refractivity contribution is 0.0622. The van der Waals surface area contributed by atoms with Crippen molar-refractivity contribution < 1.29 is 9.90 Å². The van der Waals surface area contributed by atoms with Gasteiger partial charge >= 0.3 is 0 Å². The predicted molar refractivity (Wildman–Crippen MR) is 94.1 cm³/mol. The molecular weight excluding hydrogens is 316 g/mol. The molecule has 2 heterocycles. The first-order chi connectivity index (χ1) is 12.2. The maximum Gasteiger partial charge on any atom is 0.274 e. The summed E-state index contributed by atoms with van der Waals surface area (Å²) in [6.45, 7) is 3.98. The fraction of sp³-hybridized carbons (Fsp3) is 0.474. The zero-order valence-corrected chi connectivity index (χ0v) is 14.3. The third kappa shape index (κ3) is 3.60. The van der Waals surface area contributed by atoms with E-state index in [2.05, 4.69) is 21.2 Å². The molecule has 1 aromatic heterocycles. The van der Waals surface area contributed by atoms with E-state index in [4.69, 9.17) is 0 Å². The number of nitrogens with one attached hydrogen (secondary N) is 1.